The number of methoxy groups -OCH3 is 2. The topological polar surface area (TPSA) is 139 Å². The molecule has 0 unspecified atom stereocenters. The number of rotatable bonds is 9. The Labute approximate surface area is 225 Å². The first-order valence-electron chi connectivity index (χ1n) is 12.1. The summed E-state index contributed by atoms with van der Waals surface area (Å²) in [5, 5.41) is 10.4. The average Bonchev–Trinajstić information content (AvgIpc) is 3.33. The molecule has 12 nitrogen and oxygen atoms in total. The third-order valence-corrected chi connectivity index (χ3v) is 5.31. The molecule has 4 aromatic rings. The summed E-state index contributed by atoms with van der Waals surface area (Å²) in [6.07, 6.45) is 3.99. The summed E-state index contributed by atoms with van der Waals surface area (Å²) in [5.74, 6) is 1.50. The molecule has 0 fully saturated rings. The second-order valence-corrected chi connectivity index (χ2v) is 9.48. The molecule has 0 aliphatic rings. The van der Waals surface area contributed by atoms with Crippen molar-refractivity contribution in [1.82, 2.24) is 25.1 Å². The van der Waals surface area contributed by atoms with E-state index >= 15 is 0 Å². The Morgan fingerprint density at radius 3 is 2.41 bits per heavy atom. The number of hydrogen-bond acceptors (Lipinski definition) is 9. The second-order valence-electron chi connectivity index (χ2n) is 9.48. The molecule has 0 spiro atoms. The number of nitrogens with zero attached hydrogens (tertiary/aromatic N) is 4. The number of benzene rings is 2. The fourth-order valence-electron chi connectivity index (χ4n) is 3.58. The van der Waals surface area contributed by atoms with Crippen molar-refractivity contribution in [3.05, 3.63) is 60.7 Å². The molecular weight excluding hydrogens is 504 g/mol. The first kappa shape index (κ1) is 27.2. The smallest absolute Gasteiger partial charge is 0.407 e. The molecule has 2 heterocycles. The van der Waals surface area contributed by atoms with Gasteiger partial charge in [-0.05, 0) is 44.5 Å². The maximum Gasteiger partial charge on any atom is 0.407 e. The number of hydrogen-bond donors (Lipinski definition) is 2. The van der Waals surface area contributed by atoms with Crippen LogP contribution in [0.5, 0.6) is 23.1 Å². The van der Waals surface area contributed by atoms with E-state index in [4.69, 9.17) is 18.9 Å². The van der Waals surface area contributed by atoms with Crippen LogP contribution >= 0.6 is 0 Å². The Bertz CT molecular complexity index is 1460. The van der Waals surface area contributed by atoms with E-state index in [1.54, 1.807) is 65.5 Å². The van der Waals surface area contributed by atoms with Crippen molar-refractivity contribution in [3.8, 4) is 23.1 Å². The van der Waals surface area contributed by atoms with Gasteiger partial charge in [-0.15, -0.1) is 0 Å². The van der Waals surface area contributed by atoms with Crippen molar-refractivity contribution >= 4 is 28.6 Å². The summed E-state index contributed by atoms with van der Waals surface area (Å²) >= 11 is 0. The fraction of sp³-hybridized carbons (Fsp3) is 0.296. The molecule has 0 radical (unpaired) electrons. The Morgan fingerprint density at radius 2 is 1.72 bits per heavy atom. The SMILES string of the molecule is COc1cc2ncnc(Oc3cnn(CC(=O)Nc4ccc(CNC(=O)OC(C)(C)C)cc4)c3)c2cc1OC. The predicted octanol–water partition coefficient (Wildman–Crippen LogP) is 4.30. The number of aromatic nitrogens is 4. The molecular formula is C27H30N6O6. The molecule has 0 saturated carbocycles. The summed E-state index contributed by atoms with van der Waals surface area (Å²) < 4.78 is 23.3. The zero-order valence-electron chi connectivity index (χ0n) is 22.3. The van der Waals surface area contributed by atoms with Crippen LogP contribution in [-0.4, -0.2) is 51.6 Å². The molecule has 204 valence electrons. The Morgan fingerprint density at radius 1 is 1.00 bits per heavy atom. The van der Waals surface area contributed by atoms with E-state index in [-0.39, 0.29) is 12.5 Å². The normalized spacial score (nSPS) is 11.1. The van der Waals surface area contributed by atoms with Gasteiger partial charge in [-0.1, -0.05) is 12.1 Å². The molecule has 0 saturated heterocycles. The predicted molar refractivity (Wildman–Crippen MR) is 143 cm³/mol. The van der Waals surface area contributed by atoms with E-state index in [0.717, 1.165) is 5.56 Å². The van der Waals surface area contributed by atoms with Crippen LogP contribution in [-0.2, 0) is 22.6 Å². The molecule has 2 aromatic heterocycles. The maximum absolute atomic E-state index is 12.6. The maximum atomic E-state index is 12.6. The van der Waals surface area contributed by atoms with Gasteiger partial charge < -0.3 is 29.6 Å². The van der Waals surface area contributed by atoms with E-state index in [1.165, 1.54) is 17.2 Å². The molecule has 12 heteroatoms. The van der Waals surface area contributed by atoms with Crippen molar-refractivity contribution in [2.24, 2.45) is 0 Å². The third-order valence-electron chi connectivity index (χ3n) is 5.31. The zero-order valence-corrected chi connectivity index (χ0v) is 22.3. The lowest BCUT2D eigenvalue weighted by atomic mass is 10.2. The highest BCUT2D eigenvalue weighted by molar-refractivity contribution is 5.90. The summed E-state index contributed by atoms with van der Waals surface area (Å²) in [6.45, 7) is 5.69. The Hall–Kier alpha value is -4.87. The van der Waals surface area contributed by atoms with Crippen LogP contribution in [0.15, 0.2) is 55.1 Å². The van der Waals surface area contributed by atoms with Crippen LogP contribution in [0.1, 0.15) is 26.3 Å². The lowest BCUT2D eigenvalue weighted by Gasteiger charge is -2.19. The Balaban J connectivity index is 1.33. The number of ether oxygens (including phenoxy) is 4. The van der Waals surface area contributed by atoms with Gasteiger partial charge in [-0.3, -0.25) is 9.48 Å². The number of amides is 2. The Kier molecular flexibility index (Phi) is 8.13. The number of anilines is 1. The first-order valence-corrected chi connectivity index (χ1v) is 12.1. The number of nitrogens with one attached hydrogen (secondary N) is 2. The average molecular weight is 535 g/mol. The summed E-state index contributed by atoms with van der Waals surface area (Å²) in [6, 6.07) is 10.6. The minimum absolute atomic E-state index is 0.0269. The number of fused-ring (bicyclic) bond motifs is 1. The van der Waals surface area contributed by atoms with Gasteiger partial charge in [0.2, 0.25) is 11.8 Å². The molecule has 2 N–H and O–H groups in total. The van der Waals surface area contributed by atoms with Gasteiger partial charge in [-0.2, -0.15) is 5.10 Å². The molecule has 0 aliphatic carbocycles. The van der Waals surface area contributed by atoms with Crippen LogP contribution < -0.4 is 24.8 Å². The van der Waals surface area contributed by atoms with Crippen molar-refractivity contribution < 1.29 is 28.5 Å². The molecule has 2 amide bonds. The zero-order chi connectivity index (χ0) is 28.0. The van der Waals surface area contributed by atoms with Gasteiger partial charge in [0, 0.05) is 18.3 Å². The summed E-state index contributed by atoms with van der Waals surface area (Å²) in [5.41, 5.74) is 1.53. The highest BCUT2D eigenvalue weighted by atomic mass is 16.6. The van der Waals surface area contributed by atoms with Crippen molar-refractivity contribution in [1.29, 1.82) is 0 Å². The molecule has 4 rings (SSSR count). The molecule has 39 heavy (non-hydrogen) atoms. The quantitative estimate of drug-likeness (QED) is 0.322. The van der Waals surface area contributed by atoms with Gasteiger partial charge in [0.05, 0.1) is 37.5 Å². The van der Waals surface area contributed by atoms with Gasteiger partial charge in [0.1, 0.15) is 18.5 Å². The van der Waals surface area contributed by atoms with Crippen molar-refractivity contribution in [2.45, 2.75) is 39.5 Å². The monoisotopic (exact) mass is 534 g/mol. The molecule has 0 aliphatic heterocycles. The van der Waals surface area contributed by atoms with Crippen LogP contribution in [0.2, 0.25) is 0 Å². The molecule has 0 atom stereocenters. The van der Waals surface area contributed by atoms with Crippen LogP contribution in [0, 0.1) is 0 Å². The van der Waals surface area contributed by atoms with E-state index in [2.05, 4.69) is 25.7 Å². The fourth-order valence-corrected chi connectivity index (χ4v) is 3.58. The van der Waals surface area contributed by atoms with Crippen LogP contribution in [0.25, 0.3) is 10.9 Å². The largest absolute Gasteiger partial charge is 0.493 e. The van der Waals surface area contributed by atoms with E-state index in [1.807, 2.05) is 12.1 Å². The number of carbonyl (C=O) groups is 2. The second kappa shape index (κ2) is 11.7. The van der Waals surface area contributed by atoms with Crippen molar-refractivity contribution in [2.75, 3.05) is 19.5 Å². The highest BCUT2D eigenvalue weighted by Crippen LogP contribution is 2.35. The van der Waals surface area contributed by atoms with Crippen LogP contribution in [0.4, 0.5) is 10.5 Å². The first-order chi connectivity index (χ1) is 18.6. The van der Waals surface area contributed by atoms with E-state index < -0.39 is 11.7 Å². The summed E-state index contributed by atoms with van der Waals surface area (Å²) in [4.78, 5) is 32.9. The lowest BCUT2D eigenvalue weighted by Crippen LogP contribution is -2.32. The third kappa shape index (κ3) is 7.34. The minimum Gasteiger partial charge on any atom is -0.493 e. The van der Waals surface area contributed by atoms with Gasteiger partial charge in [0.25, 0.3) is 0 Å². The van der Waals surface area contributed by atoms with Crippen LogP contribution in [0.3, 0.4) is 0 Å². The van der Waals surface area contributed by atoms with E-state index in [9.17, 15) is 9.59 Å². The lowest BCUT2D eigenvalue weighted by molar-refractivity contribution is -0.116. The molecule has 0 bridgehead atoms. The number of alkyl carbamates (subject to hydrolysis) is 1. The minimum atomic E-state index is -0.563. The van der Waals surface area contributed by atoms with Gasteiger partial charge in [0.15, 0.2) is 17.2 Å². The van der Waals surface area contributed by atoms with E-state index in [0.29, 0.717) is 46.3 Å². The highest BCUT2D eigenvalue weighted by Gasteiger charge is 2.16. The van der Waals surface area contributed by atoms with Gasteiger partial charge in [-0.25, -0.2) is 14.8 Å². The number of carbonyl (C=O) groups excluding carboxylic acids is 2. The standard InChI is InChI=1S/C27H30N6O6/c1-27(2,3)39-26(35)28-12-17-6-8-18(9-7-17)32-24(34)15-33-14-19(13-31-33)38-25-20-10-22(36-4)23(37-5)11-21(20)29-16-30-25/h6-11,13-14,16H,12,15H2,1-5H3,(H,28,35)(H,32,34). The summed E-state index contributed by atoms with van der Waals surface area (Å²) in [7, 11) is 3.09. The molecule has 2 aromatic carbocycles. The van der Waals surface area contributed by atoms with Crippen molar-refractivity contribution in [3.63, 3.8) is 0 Å². The van der Waals surface area contributed by atoms with Gasteiger partial charge >= 0.3 is 6.09 Å².